The standard InChI is InChI=1S/C29H41ClN2O3/c1-17-9-11-26(23(7)22(17)6)28(25-10-12-27(30)18(2)13-25)32-19(3)14-31(15-20(32)4)21(5)16-35-24(8)29(33)34/h9-13,19-21,24,28H,14-16H2,1-8H3,(H,33,34)/i14D2,15D2,16D2,19D,20D,21D,28D. The van der Waals surface area contributed by atoms with Gasteiger partial charge < -0.3 is 9.84 Å². The van der Waals surface area contributed by atoms with E-state index in [1.54, 1.807) is 32.0 Å². The van der Waals surface area contributed by atoms with Crippen molar-refractivity contribution in [3.63, 3.8) is 0 Å². The van der Waals surface area contributed by atoms with E-state index in [0.717, 1.165) is 43.7 Å². The average Bonchev–Trinajstić information content (AvgIpc) is 2.86. The predicted molar refractivity (Wildman–Crippen MR) is 144 cm³/mol. The SMILES string of the molecule is [2H]C(c1ccc(Cl)c(C)c1)(c1ccc(C)c(C)c1C)N1C([2H])(C)C([2H])([2H])N(C([2H])(C)C([2H])([2H])OC(C)C(=O)O)C([2H])([2H])C1([2H])C. The number of nitrogens with zero attached hydrogens (tertiary/aromatic N) is 2. The number of aliphatic carboxylic acids is 1. The van der Waals surface area contributed by atoms with Crippen LogP contribution in [0.2, 0.25) is 5.02 Å². The predicted octanol–water partition coefficient (Wildman–Crippen LogP) is 5.94. The Hall–Kier alpha value is -1.92. The molecule has 3 rings (SSSR count). The molecule has 0 bridgehead atoms. The highest BCUT2D eigenvalue weighted by Gasteiger charge is 2.38. The second-order valence-corrected chi connectivity index (χ2v) is 9.25. The molecule has 1 N–H and O–H groups in total. The summed E-state index contributed by atoms with van der Waals surface area (Å²) in [4.78, 5) is 12.4. The number of carboxylic acid groups (broad SMARTS) is 1. The van der Waals surface area contributed by atoms with Crippen LogP contribution in [0.5, 0.6) is 0 Å². The summed E-state index contributed by atoms with van der Waals surface area (Å²) < 4.78 is 97.4. The Bertz CT molecular complexity index is 1470. The van der Waals surface area contributed by atoms with Gasteiger partial charge >= 0.3 is 5.97 Å². The second-order valence-electron chi connectivity index (χ2n) is 8.84. The minimum atomic E-state index is -3.32. The number of carbonyl (C=O) groups is 1. The Morgan fingerprint density at radius 1 is 1.17 bits per heavy atom. The van der Waals surface area contributed by atoms with Crippen molar-refractivity contribution in [1.82, 2.24) is 9.80 Å². The number of rotatable bonds is 8. The third-order valence-electron chi connectivity index (χ3n) is 6.25. The van der Waals surface area contributed by atoms with Gasteiger partial charge in [0.1, 0.15) is 0 Å². The number of piperazine rings is 1. The maximum Gasteiger partial charge on any atom is 0.332 e. The van der Waals surface area contributed by atoms with Crippen molar-refractivity contribution < 1.29 is 28.3 Å². The van der Waals surface area contributed by atoms with Gasteiger partial charge in [-0.3, -0.25) is 9.80 Å². The molecular formula is C29H41ClN2O3. The fraction of sp³-hybridized carbons (Fsp3) is 0.552. The summed E-state index contributed by atoms with van der Waals surface area (Å²) in [6.07, 6.45) is -1.80. The monoisotopic (exact) mass is 510 g/mol. The van der Waals surface area contributed by atoms with Crippen molar-refractivity contribution in [3.8, 4) is 0 Å². The summed E-state index contributed by atoms with van der Waals surface area (Å²) in [6, 6.07) is -2.84. The number of halogens is 1. The van der Waals surface area contributed by atoms with Crippen molar-refractivity contribution >= 4 is 17.6 Å². The summed E-state index contributed by atoms with van der Waals surface area (Å²) in [7, 11) is 0. The molecule has 1 aliphatic heterocycles. The van der Waals surface area contributed by atoms with Crippen LogP contribution in [0.15, 0.2) is 30.3 Å². The van der Waals surface area contributed by atoms with Crippen LogP contribution in [0.4, 0.5) is 0 Å². The Labute approximate surface area is 230 Å². The van der Waals surface area contributed by atoms with E-state index in [0.29, 0.717) is 16.1 Å². The number of benzene rings is 2. The lowest BCUT2D eigenvalue weighted by atomic mass is 9.87. The highest BCUT2D eigenvalue weighted by Crippen LogP contribution is 2.38. The maximum absolute atomic E-state index is 11.5. The molecule has 192 valence electrons. The zero-order valence-corrected chi connectivity index (χ0v) is 22.3. The van der Waals surface area contributed by atoms with Gasteiger partial charge in [-0.2, -0.15) is 0 Å². The molecule has 6 heteroatoms. The largest absolute Gasteiger partial charge is 0.479 e. The van der Waals surface area contributed by atoms with Crippen molar-refractivity contribution in [1.29, 1.82) is 0 Å². The lowest BCUT2D eigenvalue weighted by Gasteiger charge is -2.50. The van der Waals surface area contributed by atoms with Gasteiger partial charge in [-0.1, -0.05) is 35.9 Å². The molecule has 5 atom stereocenters. The molecule has 5 nitrogen and oxygen atoms in total. The zero-order chi connectivity index (χ0) is 35.1. The number of ether oxygens (including phenoxy) is 1. The summed E-state index contributed by atoms with van der Waals surface area (Å²) >= 11 is 6.33. The van der Waals surface area contributed by atoms with Gasteiger partial charge in [0.2, 0.25) is 0 Å². The van der Waals surface area contributed by atoms with Gasteiger partial charge in [0.15, 0.2) is 6.10 Å². The molecular weight excluding hydrogens is 460 g/mol. The zero-order valence-electron chi connectivity index (χ0n) is 31.5. The Morgan fingerprint density at radius 3 is 2.37 bits per heavy atom. The molecule has 0 saturated carbocycles. The molecule has 0 radical (unpaired) electrons. The Kier molecular flexibility index (Phi) is 5.47. The van der Waals surface area contributed by atoms with Crippen molar-refractivity contribution in [3.05, 3.63) is 68.7 Å². The molecule has 0 spiro atoms. The van der Waals surface area contributed by atoms with Crippen LogP contribution < -0.4 is 0 Å². The van der Waals surface area contributed by atoms with Crippen LogP contribution >= 0.6 is 11.6 Å². The fourth-order valence-electron chi connectivity index (χ4n) is 3.89. The van der Waals surface area contributed by atoms with Gasteiger partial charge in [0.05, 0.1) is 16.7 Å². The first-order valence-electron chi connectivity index (χ1n) is 16.4. The molecule has 1 aliphatic rings. The van der Waals surface area contributed by atoms with Crippen LogP contribution in [0.1, 0.15) is 80.8 Å². The van der Waals surface area contributed by atoms with E-state index < -0.39 is 55.7 Å². The molecule has 0 amide bonds. The Balaban J connectivity index is 2.46. The number of carboxylic acids is 1. The van der Waals surface area contributed by atoms with Gasteiger partial charge in [0.25, 0.3) is 0 Å². The normalized spacial score (nSPS) is 35.6. The molecule has 0 aromatic heterocycles. The van der Waals surface area contributed by atoms with Crippen LogP contribution in [-0.2, 0) is 9.53 Å². The van der Waals surface area contributed by atoms with Crippen LogP contribution in [0, 0.1) is 27.7 Å². The lowest BCUT2D eigenvalue weighted by molar-refractivity contribution is -0.150. The van der Waals surface area contributed by atoms with Gasteiger partial charge in [-0.15, -0.1) is 0 Å². The highest BCUT2D eigenvalue weighted by molar-refractivity contribution is 6.31. The van der Waals surface area contributed by atoms with Crippen molar-refractivity contribution in [2.75, 3.05) is 19.6 Å². The molecule has 1 fully saturated rings. The van der Waals surface area contributed by atoms with Gasteiger partial charge in [-0.05, 0) is 94.8 Å². The molecule has 2 aromatic rings. The minimum Gasteiger partial charge on any atom is -0.479 e. The van der Waals surface area contributed by atoms with Crippen LogP contribution in [0.3, 0.4) is 0 Å². The molecule has 35 heavy (non-hydrogen) atoms. The Morgan fingerprint density at radius 2 is 1.80 bits per heavy atom. The molecule has 1 heterocycles. The molecule has 2 aromatic carbocycles. The van der Waals surface area contributed by atoms with E-state index in [1.807, 2.05) is 13.8 Å². The van der Waals surface area contributed by atoms with E-state index in [1.165, 1.54) is 12.1 Å². The topological polar surface area (TPSA) is 53.0 Å². The van der Waals surface area contributed by atoms with Crippen LogP contribution in [0.25, 0.3) is 0 Å². The summed E-state index contributed by atoms with van der Waals surface area (Å²) in [5.41, 5.74) is 3.28. The molecule has 1 saturated heterocycles. The first-order chi connectivity index (χ1) is 20.1. The first kappa shape index (κ1) is 16.8. The summed E-state index contributed by atoms with van der Waals surface area (Å²) in [6.45, 7) is 1.14. The smallest absolute Gasteiger partial charge is 0.332 e. The van der Waals surface area contributed by atoms with E-state index >= 15 is 0 Å². The first-order valence-corrected chi connectivity index (χ1v) is 11.8. The number of aryl methyl sites for hydroxylation is 2. The van der Waals surface area contributed by atoms with E-state index in [-0.39, 0.29) is 16.0 Å². The fourth-order valence-corrected chi connectivity index (χ4v) is 4.00. The van der Waals surface area contributed by atoms with Gasteiger partial charge in [0, 0.05) is 45.7 Å². The summed E-state index contributed by atoms with van der Waals surface area (Å²) in [5.74, 6) is -1.57. The van der Waals surface area contributed by atoms with E-state index in [2.05, 4.69) is 0 Å². The number of hydrogen-bond donors (Lipinski definition) is 1. The second kappa shape index (κ2) is 11.4. The van der Waals surface area contributed by atoms with Crippen molar-refractivity contribution in [2.45, 2.75) is 85.6 Å². The van der Waals surface area contributed by atoms with E-state index in [4.69, 9.17) is 20.5 Å². The molecule has 0 aliphatic carbocycles. The van der Waals surface area contributed by atoms with Crippen LogP contribution in [-0.4, -0.2) is 64.6 Å². The quantitative estimate of drug-likeness (QED) is 0.476. The van der Waals surface area contributed by atoms with Gasteiger partial charge in [-0.25, -0.2) is 4.79 Å². The minimum absolute atomic E-state index is 0.124. The lowest BCUT2D eigenvalue weighted by Crippen LogP contribution is -2.60. The maximum atomic E-state index is 11.5. The third kappa shape index (κ3) is 6.08. The van der Waals surface area contributed by atoms with Crippen molar-refractivity contribution in [2.24, 2.45) is 0 Å². The number of hydrogen-bond acceptors (Lipinski definition) is 4. The molecule has 5 unspecified atom stereocenters. The summed E-state index contributed by atoms with van der Waals surface area (Å²) in [5, 5.41) is 9.69. The van der Waals surface area contributed by atoms with E-state index in [9.17, 15) is 19.5 Å². The average molecular weight is 511 g/mol. The highest BCUT2D eigenvalue weighted by atomic mass is 35.5. The third-order valence-corrected chi connectivity index (χ3v) is 6.68.